The van der Waals surface area contributed by atoms with Crippen LogP contribution in [0.4, 0.5) is 18.9 Å². The molecule has 11 heteroatoms. The minimum atomic E-state index is -4.02. The third kappa shape index (κ3) is 4.46. The lowest BCUT2D eigenvalue weighted by Crippen LogP contribution is -2.39. The Morgan fingerprint density at radius 2 is 1.94 bits per heavy atom. The molecule has 180 valence electrons. The van der Waals surface area contributed by atoms with Crippen molar-refractivity contribution in [2.75, 3.05) is 11.9 Å². The maximum atomic E-state index is 15.8. The minimum absolute atomic E-state index is 0.0906. The molecule has 1 amide bonds. The van der Waals surface area contributed by atoms with Crippen molar-refractivity contribution in [1.29, 1.82) is 0 Å². The van der Waals surface area contributed by atoms with Gasteiger partial charge >= 0.3 is 5.92 Å². The van der Waals surface area contributed by atoms with Gasteiger partial charge in [-0.2, -0.15) is 8.78 Å². The van der Waals surface area contributed by atoms with Crippen LogP contribution in [-0.4, -0.2) is 37.2 Å². The van der Waals surface area contributed by atoms with Crippen LogP contribution in [0.15, 0.2) is 30.6 Å². The first-order valence-electron chi connectivity index (χ1n) is 10.9. The number of amides is 1. The zero-order valence-corrected chi connectivity index (χ0v) is 19.3. The fourth-order valence-corrected chi connectivity index (χ4v) is 3.58. The lowest BCUT2D eigenvalue weighted by atomic mass is 9.89. The van der Waals surface area contributed by atoms with Crippen molar-refractivity contribution < 1.29 is 22.7 Å². The normalized spacial score (nSPS) is 15.6. The number of carbonyl (C=O) groups excluding carboxylic acids is 1. The molecule has 1 aromatic carbocycles. The van der Waals surface area contributed by atoms with Gasteiger partial charge in [-0.05, 0) is 51.8 Å². The Morgan fingerprint density at radius 3 is 2.56 bits per heavy atom. The summed E-state index contributed by atoms with van der Waals surface area (Å²) in [5.41, 5.74) is -2.70. The van der Waals surface area contributed by atoms with E-state index < -0.39 is 23.3 Å². The number of carbonyl (C=O) groups is 1. The van der Waals surface area contributed by atoms with Crippen LogP contribution in [-0.2, 0) is 18.6 Å². The topological polar surface area (TPSA) is 94.8 Å². The number of anilines is 1. The fraction of sp³-hybridized carbons (Fsp3) is 0.435. The van der Waals surface area contributed by atoms with Crippen molar-refractivity contribution in [2.24, 2.45) is 7.05 Å². The van der Waals surface area contributed by atoms with Crippen LogP contribution in [0.5, 0.6) is 5.75 Å². The molecule has 2 heterocycles. The van der Waals surface area contributed by atoms with Gasteiger partial charge < -0.3 is 14.6 Å². The second kappa shape index (κ2) is 8.69. The zero-order chi connectivity index (χ0) is 24.7. The van der Waals surface area contributed by atoms with E-state index >= 15 is 13.2 Å². The number of halogens is 3. The number of hydrogen-bond acceptors (Lipinski definition) is 6. The highest BCUT2D eigenvalue weighted by molar-refractivity contribution is 6.03. The van der Waals surface area contributed by atoms with Gasteiger partial charge in [-0.3, -0.25) is 4.79 Å². The second-order valence-corrected chi connectivity index (χ2v) is 8.50. The van der Waals surface area contributed by atoms with Gasteiger partial charge in [-0.1, -0.05) is 0 Å². The summed E-state index contributed by atoms with van der Waals surface area (Å²) in [6, 6.07) is 5.32. The number of aromatic nitrogens is 5. The standard InChI is InChI=1S/C23H25F3N6O2/c1-5-34-17-10-15(22(3,24)23(25,26)21-31-27-12-32(21)4)9-16(11-17)29-20(33)18-8-13(2)28-19(30-18)14-6-7-14/h8-12,14H,5-7H2,1-4H3,(H,29,33)/t22-/m1/s1. The van der Waals surface area contributed by atoms with Gasteiger partial charge in [0.1, 0.15) is 23.6 Å². The molecule has 2 aromatic heterocycles. The Bertz CT molecular complexity index is 1220. The summed E-state index contributed by atoms with van der Waals surface area (Å²) in [7, 11) is 1.31. The molecule has 1 aliphatic rings. The van der Waals surface area contributed by atoms with E-state index in [1.165, 1.54) is 25.2 Å². The first-order valence-corrected chi connectivity index (χ1v) is 10.9. The first-order chi connectivity index (χ1) is 16.0. The largest absolute Gasteiger partial charge is 0.494 e. The summed E-state index contributed by atoms with van der Waals surface area (Å²) < 4.78 is 52.6. The zero-order valence-electron chi connectivity index (χ0n) is 19.3. The molecule has 0 unspecified atom stereocenters. The van der Waals surface area contributed by atoms with Gasteiger partial charge in [0, 0.05) is 36.0 Å². The van der Waals surface area contributed by atoms with Crippen molar-refractivity contribution in [2.45, 2.75) is 51.1 Å². The summed E-state index contributed by atoms with van der Waals surface area (Å²) in [4.78, 5) is 21.6. The monoisotopic (exact) mass is 474 g/mol. The maximum Gasteiger partial charge on any atom is 0.343 e. The molecular weight excluding hydrogens is 449 g/mol. The van der Waals surface area contributed by atoms with Crippen LogP contribution in [0, 0.1) is 6.92 Å². The molecule has 1 fully saturated rings. The second-order valence-electron chi connectivity index (χ2n) is 8.50. The average molecular weight is 474 g/mol. The van der Waals surface area contributed by atoms with Crippen LogP contribution in [0.25, 0.3) is 0 Å². The van der Waals surface area contributed by atoms with Crippen molar-refractivity contribution in [3.63, 3.8) is 0 Å². The van der Waals surface area contributed by atoms with E-state index in [2.05, 4.69) is 25.5 Å². The van der Waals surface area contributed by atoms with Gasteiger partial charge in [-0.15, -0.1) is 10.2 Å². The molecule has 0 saturated heterocycles. The van der Waals surface area contributed by atoms with Crippen LogP contribution in [0.2, 0.25) is 0 Å². The van der Waals surface area contributed by atoms with Gasteiger partial charge in [0.05, 0.1) is 6.61 Å². The number of alkyl halides is 3. The molecule has 0 aliphatic heterocycles. The number of hydrogen-bond donors (Lipinski definition) is 1. The highest BCUT2D eigenvalue weighted by Gasteiger charge is 2.57. The molecule has 1 atom stereocenters. The van der Waals surface area contributed by atoms with E-state index in [9.17, 15) is 4.79 Å². The first kappa shape index (κ1) is 23.7. The Labute approximate surface area is 194 Å². The van der Waals surface area contributed by atoms with E-state index in [1.54, 1.807) is 13.8 Å². The van der Waals surface area contributed by atoms with Crippen molar-refractivity contribution >= 4 is 11.6 Å². The summed E-state index contributed by atoms with van der Waals surface area (Å²) >= 11 is 0. The van der Waals surface area contributed by atoms with Crippen LogP contribution in [0.1, 0.15) is 66.0 Å². The van der Waals surface area contributed by atoms with Gasteiger partial charge in [0.15, 0.2) is 0 Å². The van der Waals surface area contributed by atoms with Crippen molar-refractivity contribution in [3.05, 3.63) is 59.2 Å². The molecule has 0 bridgehead atoms. The van der Waals surface area contributed by atoms with Crippen molar-refractivity contribution in [1.82, 2.24) is 24.7 Å². The number of aryl methyl sites for hydroxylation is 2. The molecule has 1 saturated carbocycles. The average Bonchev–Trinajstić information content (AvgIpc) is 3.53. The molecule has 8 nitrogen and oxygen atoms in total. The van der Waals surface area contributed by atoms with Gasteiger partial charge in [0.25, 0.3) is 5.91 Å². The number of rotatable bonds is 8. The van der Waals surface area contributed by atoms with Crippen LogP contribution >= 0.6 is 0 Å². The predicted molar refractivity (Wildman–Crippen MR) is 118 cm³/mol. The van der Waals surface area contributed by atoms with Gasteiger partial charge in [-0.25, -0.2) is 14.4 Å². The summed E-state index contributed by atoms with van der Waals surface area (Å²) in [6.45, 7) is 4.45. The van der Waals surface area contributed by atoms with E-state index in [0.717, 1.165) is 36.7 Å². The van der Waals surface area contributed by atoms with E-state index in [4.69, 9.17) is 4.74 Å². The smallest absolute Gasteiger partial charge is 0.343 e. The predicted octanol–water partition coefficient (Wildman–Crippen LogP) is 4.42. The molecule has 4 rings (SSSR count). The van der Waals surface area contributed by atoms with E-state index in [-0.39, 0.29) is 35.2 Å². The highest BCUT2D eigenvalue weighted by atomic mass is 19.3. The lowest BCUT2D eigenvalue weighted by molar-refractivity contribution is -0.149. The summed E-state index contributed by atoms with van der Waals surface area (Å²) in [6.07, 6.45) is 3.01. The number of ether oxygens (including phenoxy) is 1. The van der Waals surface area contributed by atoms with Crippen molar-refractivity contribution in [3.8, 4) is 5.75 Å². The van der Waals surface area contributed by atoms with Gasteiger partial charge in [0.2, 0.25) is 11.5 Å². The van der Waals surface area contributed by atoms with E-state index in [0.29, 0.717) is 11.5 Å². The molecule has 34 heavy (non-hydrogen) atoms. The summed E-state index contributed by atoms with van der Waals surface area (Å²) in [5, 5.41) is 9.46. The van der Waals surface area contributed by atoms with E-state index in [1.807, 2.05) is 0 Å². The Kier molecular flexibility index (Phi) is 6.05. The minimum Gasteiger partial charge on any atom is -0.494 e. The molecular formula is C23H25F3N6O2. The Balaban J connectivity index is 1.69. The molecule has 3 aromatic rings. The summed E-state index contributed by atoms with van der Waals surface area (Å²) in [5.74, 6) is -4.43. The number of nitrogens with one attached hydrogen (secondary N) is 1. The van der Waals surface area contributed by atoms with Crippen LogP contribution < -0.4 is 10.1 Å². The lowest BCUT2D eigenvalue weighted by Gasteiger charge is -2.30. The molecule has 0 radical (unpaired) electrons. The molecule has 1 aliphatic carbocycles. The SMILES string of the molecule is CCOc1cc(NC(=O)c2cc(C)nc(C3CC3)n2)cc([C@@](C)(F)C(F)(F)c2nncn2C)c1. The third-order valence-corrected chi connectivity index (χ3v) is 5.65. The Hall–Kier alpha value is -3.50. The molecule has 1 N–H and O–H groups in total. The number of benzene rings is 1. The quantitative estimate of drug-likeness (QED) is 0.519. The fourth-order valence-electron chi connectivity index (χ4n) is 3.58. The highest BCUT2D eigenvalue weighted by Crippen LogP contribution is 2.48. The third-order valence-electron chi connectivity index (χ3n) is 5.65. The number of nitrogens with zero attached hydrogens (tertiary/aromatic N) is 5. The molecule has 0 spiro atoms. The Morgan fingerprint density at radius 1 is 1.21 bits per heavy atom. The maximum absolute atomic E-state index is 15.8. The van der Waals surface area contributed by atoms with Crippen LogP contribution in [0.3, 0.4) is 0 Å².